The molecule has 3 aromatic heterocycles. The van der Waals surface area contributed by atoms with Crippen molar-refractivity contribution in [2.24, 2.45) is 4.99 Å². The molecule has 218 valence electrons. The standard InChI is InChI=1S/C27H31F4N9O/c1-15-7-10-32-20-6-5-19(34-25(20)39(15)13-22(28)29)18-8-12-40-23(18)24(33-17-3-4-17)36-26(37-40)35-21-9-11-38(16(2)41)14-27(21,30)31/h5-6,8,10,12,15,17,21-22H,3-4,7,9,11,13-14H2,1-2H3,(H2,33,35,36,37)/t15?,21-/m1/s1. The molecule has 2 aliphatic heterocycles. The SMILES string of the molecule is CC(=O)N1CC[C@@H](Nc2nc(NC3CC3)c3c(-c4ccc5c(n4)N(CC(F)F)C(C)CC=N5)ccn3n2)C(F)(F)C1. The van der Waals surface area contributed by atoms with E-state index in [1.165, 1.54) is 6.92 Å². The Balaban J connectivity index is 1.36. The topological polar surface area (TPSA) is 103 Å². The molecule has 0 bridgehead atoms. The summed E-state index contributed by atoms with van der Waals surface area (Å²) >= 11 is 0. The number of alkyl halides is 4. The lowest BCUT2D eigenvalue weighted by molar-refractivity contribution is -0.140. The lowest BCUT2D eigenvalue weighted by Crippen LogP contribution is -2.55. The quantitative estimate of drug-likeness (QED) is 0.399. The van der Waals surface area contributed by atoms with E-state index >= 15 is 0 Å². The van der Waals surface area contributed by atoms with E-state index in [-0.39, 0.29) is 36.9 Å². The number of hydrogen-bond acceptors (Lipinski definition) is 8. The third kappa shape index (κ3) is 5.51. The lowest BCUT2D eigenvalue weighted by Gasteiger charge is -2.38. The first kappa shape index (κ1) is 27.2. The van der Waals surface area contributed by atoms with Crippen LogP contribution in [0, 0.1) is 0 Å². The first-order valence-electron chi connectivity index (χ1n) is 13.7. The Morgan fingerprint density at radius 2 is 1.95 bits per heavy atom. The van der Waals surface area contributed by atoms with Crippen LogP contribution >= 0.6 is 0 Å². The summed E-state index contributed by atoms with van der Waals surface area (Å²) in [6.45, 7) is 2.22. The van der Waals surface area contributed by atoms with Gasteiger partial charge in [0, 0.05) is 49.9 Å². The Bertz CT molecular complexity index is 1490. The zero-order valence-electron chi connectivity index (χ0n) is 22.7. The second kappa shape index (κ2) is 10.5. The number of carbonyl (C=O) groups is 1. The van der Waals surface area contributed by atoms with Gasteiger partial charge in [-0.1, -0.05) is 0 Å². The summed E-state index contributed by atoms with van der Waals surface area (Å²) in [6.07, 6.45) is 3.33. The summed E-state index contributed by atoms with van der Waals surface area (Å²) in [5.41, 5.74) is 2.30. The molecule has 6 rings (SSSR count). The van der Waals surface area contributed by atoms with Crippen LogP contribution in [0.25, 0.3) is 16.8 Å². The summed E-state index contributed by atoms with van der Waals surface area (Å²) in [6, 6.07) is 4.07. The van der Waals surface area contributed by atoms with Crippen molar-refractivity contribution in [3.8, 4) is 11.3 Å². The van der Waals surface area contributed by atoms with Crippen molar-refractivity contribution in [3.05, 3.63) is 24.4 Å². The van der Waals surface area contributed by atoms with Crippen molar-refractivity contribution in [3.63, 3.8) is 0 Å². The Hall–Kier alpha value is -3.97. The molecule has 2 N–H and O–H groups in total. The third-order valence-corrected chi connectivity index (χ3v) is 7.72. The molecule has 3 aromatic rings. The predicted octanol–water partition coefficient (Wildman–Crippen LogP) is 4.60. The molecule has 1 saturated heterocycles. The van der Waals surface area contributed by atoms with Gasteiger partial charge in [-0.05, 0) is 44.4 Å². The van der Waals surface area contributed by atoms with Crippen LogP contribution in [0.5, 0.6) is 0 Å². The van der Waals surface area contributed by atoms with E-state index in [9.17, 15) is 22.4 Å². The first-order chi connectivity index (χ1) is 19.6. The number of amides is 1. The molecule has 1 unspecified atom stereocenters. The normalized spacial score (nSPS) is 22.1. The predicted molar refractivity (Wildman–Crippen MR) is 148 cm³/mol. The molecule has 1 aliphatic carbocycles. The largest absolute Gasteiger partial charge is 0.365 e. The molecule has 0 aromatic carbocycles. The maximum Gasteiger partial charge on any atom is 0.285 e. The number of pyridine rings is 1. The number of nitrogens with one attached hydrogen (secondary N) is 2. The fourth-order valence-electron chi connectivity index (χ4n) is 5.31. The second-order valence-corrected chi connectivity index (χ2v) is 10.9. The van der Waals surface area contributed by atoms with E-state index in [2.05, 4.69) is 25.7 Å². The minimum Gasteiger partial charge on any atom is -0.365 e. The van der Waals surface area contributed by atoms with Crippen LogP contribution in [-0.4, -0.2) is 86.7 Å². The number of nitrogens with zero attached hydrogens (tertiary/aromatic N) is 7. The Labute approximate surface area is 233 Å². The molecule has 41 heavy (non-hydrogen) atoms. The van der Waals surface area contributed by atoms with Gasteiger partial charge in [0.15, 0.2) is 11.6 Å². The van der Waals surface area contributed by atoms with E-state index < -0.39 is 31.5 Å². The highest BCUT2D eigenvalue weighted by Crippen LogP contribution is 2.38. The summed E-state index contributed by atoms with van der Waals surface area (Å²) in [4.78, 5) is 28.2. The molecular weight excluding hydrogens is 542 g/mol. The highest BCUT2D eigenvalue weighted by Gasteiger charge is 2.46. The summed E-state index contributed by atoms with van der Waals surface area (Å²) in [7, 11) is 0. The van der Waals surface area contributed by atoms with Crippen molar-refractivity contribution in [1.29, 1.82) is 0 Å². The maximum absolute atomic E-state index is 14.9. The number of aromatic nitrogens is 4. The molecule has 1 amide bonds. The van der Waals surface area contributed by atoms with Gasteiger partial charge in [0.25, 0.3) is 12.3 Å². The van der Waals surface area contributed by atoms with Crippen molar-refractivity contribution in [2.75, 3.05) is 35.2 Å². The fourth-order valence-corrected chi connectivity index (χ4v) is 5.31. The second-order valence-electron chi connectivity index (χ2n) is 10.9. The molecule has 0 spiro atoms. The van der Waals surface area contributed by atoms with Crippen molar-refractivity contribution >= 4 is 40.9 Å². The van der Waals surface area contributed by atoms with Gasteiger partial charge in [0.2, 0.25) is 11.9 Å². The van der Waals surface area contributed by atoms with Crippen LogP contribution in [-0.2, 0) is 4.79 Å². The maximum atomic E-state index is 14.9. The number of piperidine rings is 1. The van der Waals surface area contributed by atoms with Gasteiger partial charge in [0.1, 0.15) is 11.2 Å². The summed E-state index contributed by atoms with van der Waals surface area (Å²) in [5.74, 6) is -2.68. The average Bonchev–Trinajstić information content (AvgIpc) is 3.65. The zero-order valence-corrected chi connectivity index (χ0v) is 22.7. The highest BCUT2D eigenvalue weighted by atomic mass is 19.3. The average molecular weight is 574 g/mol. The lowest BCUT2D eigenvalue weighted by atomic mass is 10.0. The van der Waals surface area contributed by atoms with Gasteiger partial charge in [-0.15, -0.1) is 5.10 Å². The van der Waals surface area contributed by atoms with Crippen LogP contribution in [0.15, 0.2) is 29.4 Å². The Kier molecular flexibility index (Phi) is 6.94. The molecule has 2 fully saturated rings. The highest BCUT2D eigenvalue weighted by molar-refractivity contribution is 5.89. The minimum atomic E-state index is -3.16. The van der Waals surface area contributed by atoms with E-state index in [4.69, 9.17) is 4.98 Å². The van der Waals surface area contributed by atoms with E-state index in [0.29, 0.717) is 40.5 Å². The molecule has 5 heterocycles. The van der Waals surface area contributed by atoms with Gasteiger partial charge in [-0.25, -0.2) is 27.1 Å². The number of fused-ring (bicyclic) bond motifs is 2. The van der Waals surface area contributed by atoms with E-state index in [0.717, 1.165) is 17.7 Å². The molecule has 1 saturated carbocycles. The number of hydrogen-bond donors (Lipinski definition) is 2. The Morgan fingerprint density at radius 3 is 2.66 bits per heavy atom. The van der Waals surface area contributed by atoms with Crippen LogP contribution in [0.4, 0.5) is 40.8 Å². The molecule has 0 radical (unpaired) electrons. The molecule has 3 aliphatic rings. The number of rotatable bonds is 7. The molecule has 14 heteroatoms. The molecule has 2 atom stereocenters. The number of halogens is 4. The van der Waals surface area contributed by atoms with Gasteiger partial charge < -0.3 is 20.4 Å². The number of likely N-dealkylation sites (tertiary alicyclic amines) is 1. The monoisotopic (exact) mass is 573 g/mol. The van der Waals surface area contributed by atoms with E-state index in [1.807, 2.05) is 6.92 Å². The minimum absolute atomic E-state index is 0.0323. The zero-order chi connectivity index (χ0) is 28.9. The van der Waals surface area contributed by atoms with Gasteiger partial charge >= 0.3 is 0 Å². The smallest absolute Gasteiger partial charge is 0.285 e. The Morgan fingerprint density at radius 1 is 1.15 bits per heavy atom. The number of anilines is 3. The fraction of sp³-hybridized carbons (Fsp3) is 0.519. The van der Waals surface area contributed by atoms with Crippen LogP contribution < -0.4 is 15.5 Å². The van der Waals surface area contributed by atoms with Gasteiger partial charge in [-0.3, -0.25) is 9.79 Å². The van der Waals surface area contributed by atoms with Crippen molar-refractivity contribution in [2.45, 2.75) is 70.0 Å². The number of aliphatic imine (C=N–C) groups is 1. The van der Waals surface area contributed by atoms with Crippen molar-refractivity contribution in [1.82, 2.24) is 24.5 Å². The summed E-state index contributed by atoms with van der Waals surface area (Å²) < 4.78 is 58.4. The molecular formula is C27H31F4N9O. The molecule has 10 nitrogen and oxygen atoms in total. The van der Waals surface area contributed by atoms with Gasteiger partial charge in [0.05, 0.1) is 24.8 Å². The van der Waals surface area contributed by atoms with Crippen LogP contribution in [0.2, 0.25) is 0 Å². The number of carbonyl (C=O) groups excluding carboxylic acids is 1. The third-order valence-electron chi connectivity index (χ3n) is 7.72. The summed E-state index contributed by atoms with van der Waals surface area (Å²) in [5, 5.41) is 10.7. The van der Waals surface area contributed by atoms with Crippen molar-refractivity contribution < 1.29 is 22.4 Å². The van der Waals surface area contributed by atoms with Crippen LogP contribution in [0.3, 0.4) is 0 Å². The van der Waals surface area contributed by atoms with Crippen LogP contribution in [0.1, 0.15) is 39.5 Å². The van der Waals surface area contributed by atoms with E-state index in [1.54, 1.807) is 40.0 Å². The van der Waals surface area contributed by atoms with Gasteiger partial charge in [-0.2, -0.15) is 4.98 Å². The first-order valence-corrected chi connectivity index (χ1v) is 13.7.